The molecule has 5 nitrogen and oxygen atoms in total. The van der Waals surface area contributed by atoms with E-state index in [0.717, 1.165) is 17.0 Å². The van der Waals surface area contributed by atoms with Gasteiger partial charge in [-0.2, -0.15) is 0 Å². The number of benzene rings is 1. The average molecular weight is 286 g/mol. The van der Waals surface area contributed by atoms with Gasteiger partial charge in [-0.1, -0.05) is 23.4 Å². The Morgan fingerprint density at radius 2 is 2.14 bits per heavy atom. The number of rotatable bonds is 4. The number of aryl methyl sites for hydroxylation is 2. The SMILES string of the molecule is Cc1cc(CC(=O)N2CC(Oc3ccccc3C)C2)on1. The van der Waals surface area contributed by atoms with Gasteiger partial charge in [-0.15, -0.1) is 0 Å². The minimum absolute atomic E-state index is 0.0517. The maximum Gasteiger partial charge on any atom is 0.230 e. The van der Waals surface area contributed by atoms with Crippen molar-refractivity contribution < 1.29 is 14.1 Å². The smallest absolute Gasteiger partial charge is 0.230 e. The van der Waals surface area contributed by atoms with Gasteiger partial charge in [0, 0.05) is 6.07 Å². The fraction of sp³-hybridized carbons (Fsp3) is 0.375. The number of ether oxygens (including phenoxy) is 1. The Hall–Kier alpha value is -2.30. The number of aromatic nitrogens is 1. The summed E-state index contributed by atoms with van der Waals surface area (Å²) >= 11 is 0. The Balaban J connectivity index is 1.49. The van der Waals surface area contributed by atoms with Gasteiger partial charge in [0.25, 0.3) is 0 Å². The van der Waals surface area contributed by atoms with Crippen LogP contribution in [0.15, 0.2) is 34.9 Å². The molecule has 1 saturated heterocycles. The lowest BCUT2D eigenvalue weighted by molar-refractivity contribution is -0.139. The first-order valence-corrected chi connectivity index (χ1v) is 7.04. The number of carbonyl (C=O) groups excluding carboxylic acids is 1. The Kier molecular flexibility index (Phi) is 3.64. The number of hydrogen-bond acceptors (Lipinski definition) is 4. The number of amides is 1. The molecule has 0 aliphatic carbocycles. The molecule has 2 heterocycles. The van der Waals surface area contributed by atoms with Crippen LogP contribution in [-0.2, 0) is 11.2 Å². The molecule has 2 aromatic rings. The van der Waals surface area contributed by atoms with E-state index in [1.54, 1.807) is 11.0 Å². The third kappa shape index (κ3) is 3.07. The molecule has 1 aromatic carbocycles. The molecule has 1 fully saturated rings. The second-order valence-corrected chi connectivity index (χ2v) is 5.42. The number of para-hydroxylation sites is 1. The van der Waals surface area contributed by atoms with Crippen molar-refractivity contribution in [3.63, 3.8) is 0 Å². The number of nitrogens with zero attached hydrogens (tertiary/aromatic N) is 2. The van der Waals surface area contributed by atoms with Crippen LogP contribution in [0, 0.1) is 13.8 Å². The summed E-state index contributed by atoms with van der Waals surface area (Å²) in [5.41, 5.74) is 1.90. The molecule has 1 aliphatic rings. The van der Waals surface area contributed by atoms with Crippen LogP contribution < -0.4 is 4.74 Å². The van der Waals surface area contributed by atoms with Crippen molar-refractivity contribution in [3.05, 3.63) is 47.3 Å². The fourth-order valence-corrected chi connectivity index (χ4v) is 2.34. The summed E-state index contributed by atoms with van der Waals surface area (Å²) < 4.78 is 10.9. The highest BCUT2D eigenvalue weighted by Crippen LogP contribution is 2.22. The van der Waals surface area contributed by atoms with E-state index in [4.69, 9.17) is 9.26 Å². The van der Waals surface area contributed by atoms with E-state index in [0.29, 0.717) is 18.8 Å². The van der Waals surface area contributed by atoms with Gasteiger partial charge in [-0.3, -0.25) is 4.79 Å². The predicted octanol–water partition coefficient (Wildman–Crippen LogP) is 2.12. The third-order valence-corrected chi connectivity index (χ3v) is 3.59. The number of hydrogen-bond donors (Lipinski definition) is 0. The summed E-state index contributed by atoms with van der Waals surface area (Å²) in [6.07, 6.45) is 0.337. The molecule has 0 saturated carbocycles. The Morgan fingerprint density at radius 1 is 1.38 bits per heavy atom. The first-order valence-electron chi connectivity index (χ1n) is 7.04. The standard InChI is InChI=1S/C16H18N2O3/c1-11-5-3-4-6-15(11)20-14-9-18(10-14)16(19)8-13-7-12(2)17-21-13/h3-7,14H,8-10H2,1-2H3. The van der Waals surface area contributed by atoms with Gasteiger partial charge in [0.05, 0.1) is 25.2 Å². The molecule has 3 rings (SSSR count). The lowest BCUT2D eigenvalue weighted by atomic mass is 10.1. The molecule has 1 aliphatic heterocycles. The van der Waals surface area contributed by atoms with Crippen molar-refractivity contribution in [1.29, 1.82) is 0 Å². The maximum atomic E-state index is 12.1. The normalized spacial score (nSPS) is 14.9. The Morgan fingerprint density at radius 3 is 2.81 bits per heavy atom. The molecular formula is C16H18N2O3. The summed E-state index contributed by atoms with van der Waals surface area (Å²) in [5.74, 6) is 1.55. The van der Waals surface area contributed by atoms with Crippen molar-refractivity contribution >= 4 is 5.91 Å². The lowest BCUT2D eigenvalue weighted by Crippen LogP contribution is -2.56. The molecule has 1 aromatic heterocycles. The van der Waals surface area contributed by atoms with Gasteiger partial charge < -0.3 is 14.2 Å². The van der Waals surface area contributed by atoms with E-state index < -0.39 is 0 Å². The van der Waals surface area contributed by atoms with Gasteiger partial charge in [-0.05, 0) is 25.5 Å². The van der Waals surface area contributed by atoms with Crippen LogP contribution in [0.25, 0.3) is 0 Å². The molecule has 0 radical (unpaired) electrons. The summed E-state index contributed by atoms with van der Waals surface area (Å²) in [6.45, 7) is 5.11. The van der Waals surface area contributed by atoms with Gasteiger partial charge in [0.2, 0.25) is 5.91 Å². The van der Waals surface area contributed by atoms with Crippen LogP contribution in [0.2, 0.25) is 0 Å². The summed E-state index contributed by atoms with van der Waals surface area (Å²) in [5, 5.41) is 3.78. The average Bonchev–Trinajstić information content (AvgIpc) is 2.80. The fourth-order valence-electron chi connectivity index (χ4n) is 2.34. The molecule has 0 atom stereocenters. The molecule has 21 heavy (non-hydrogen) atoms. The van der Waals surface area contributed by atoms with Crippen LogP contribution in [0.5, 0.6) is 5.75 Å². The minimum Gasteiger partial charge on any atom is -0.486 e. The maximum absolute atomic E-state index is 12.1. The largest absolute Gasteiger partial charge is 0.486 e. The first kappa shape index (κ1) is 13.7. The first-order chi connectivity index (χ1) is 10.1. The van der Waals surface area contributed by atoms with Crippen LogP contribution >= 0.6 is 0 Å². The highest BCUT2D eigenvalue weighted by atomic mass is 16.5. The molecule has 0 N–H and O–H groups in total. The molecule has 110 valence electrons. The Bertz CT molecular complexity index is 644. The number of carbonyl (C=O) groups is 1. The highest BCUT2D eigenvalue weighted by Gasteiger charge is 2.32. The quantitative estimate of drug-likeness (QED) is 0.864. The van der Waals surface area contributed by atoms with Crippen molar-refractivity contribution in [3.8, 4) is 5.75 Å². The van der Waals surface area contributed by atoms with Crippen molar-refractivity contribution in [2.24, 2.45) is 0 Å². The zero-order valence-corrected chi connectivity index (χ0v) is 12.2. The number of likely N-dealkylation sites (tertiary alicyclic amines) is 1. The van der Waals surface area contributed by atoms with Crippen LogP contribution in [0.3, 0.4) is 0 Å². The molecule has 1 amide bonds. The van der Waals surface area contributed by atoms with Gasteiger partial charge in [0.15, 0.2) is 0 Å². The summed E-state index contributed by atoms with van der Waals surface area (Å²) in [6, 6.07) is 9.70. The molecule has 0 spiro atoms. The van der Waals surface area contributed by atoms with Crippen molar-refractivity contribution in [2.75, 3.05) is 13.1 Å². The third-order valence-electron chi connectivity index (χ3n) is 3.59. The highest BCUT2D eigenvalue weighted by molar-refractivity contribution is 5.79. The van der Waals surface area contributed by atoms with E-state index in [2.05, 4.69) is 5.16 Å². The topological polar surface area (TPSA) is 55.6 Å². The zero-order valence-electron chi connectivity index (χ0n) is 12.2. The summed E-state index contributed by atoms with van der Waals surface area (Å²) in [4.78, 5) is 13.8. The van der Waals surface area contributed by atoms with Crippen molar-refractivity contribution in [2.45, 2.75) is 26.4 Å². The van der Waals surface area contributed by atoms with Crippen LogP contribution in [-0.4, -0.2) is 35.2 Å². The lowest BCUT2D eigenvalue weighted by Gasteiger charge is -2.39. The zero-order chi connectivity index (χ0) is 14.8. The van der Waals surface area contributed by atoms with Crippen LogP contribution in [0.4, 0.5) is 0 Å². The van der Waals surface area contributed by atoms with Crippen LogP contribution in [0.1, 0.15) is 17.0 Å². The van der Waals surface area contributed by atoms with E-state index in [1.165, 1.54) is 0 Å². The molecular weight excluding hydrogens is 268 g/mol. The van der Waals surface area contributed by atoms with Gasteiger partial charge >= 0.3 is 0 Å². The van der Waals surface area contributed by atoms with E-state index in [9.17, 15) is 4.79 Å². The van der Waals surface area contributed by atoms with E-state index in [-0.39, 0.29) is 18.4 Å². The Labute approximate surface area is 123 Å². The van der Waals surface area contributed by atoms with Gasteiger partial charge in [0.1, 0.15) is 17.6 Å². The monoisotopic (exact) mass is 286 g/mol. The van der Waals surface area contributed by atoms with E-state index in [1.807, 2.05) is 38.1 Å². The van der Waals surface area contributed by atoms with Gasteiger partial charge in [-0.25, -0.2) is 0 Å². The second kappa shape index (κ2) is 5.60. The predicted molar refractivity (Wildman–Crippen MR) is 77.1 cm³/mol. The van der Waals surface area contributed by atoms with Crippen molar-refractivity contribution in [1.82, 2.24) is 10.1 Å². The summed E-state index contributed by atoms with van der Waals surface area (Å²) in [7, 11) is 0. The molecule has 0 bridgehead atoms. The minimum atomic E-state index is 0.0517. The second-order valence-electron chi connectivity index (χ2n) is 5.42. The van der Waals surface area contributed by atoms with E-state index >= 15 is 0 Å². The molecule has 5 heteroatoms. The molecule has 0 unspecified atom stereocenters.